The Morgan fingerprint density at radius 3 is 2.58 bits per heavy atom. The third-order valence-electron chi connectivity index (χ3n) is 4.54. The highest BCUT2D eigenvalue weighted by Crippen LogP contribution is 2.35. The van der Waals surface area contributed by atoms with Crippen molar-refractivity contribution in [3.63, 3.8) is 0 Å². The molecular weight excluding hydrogens is 461 g/mol. The number of rotatable bonds is 5. The van der Waals surface area contributed by atoms with E-state index in [0.717, 1.165) is 16.7 Å². The highest BCUT2D eigenvalue weighted by molar-refractivity contribution is 8.18. The van der Waals surface area contributed by atoms with E-state index in [1.807, 2.05) is 0 Å². The van der Waals surface area contributed by atoms with E-state index < -0.39 is 17.1 Å². The number of halogens is 2. The van der Waals surface area contributed by atoms with Crippen LogP contribution in [0.25, 0.3) is 17.4 Å². The molecule has 2 aromatic carbocycles. The predicted molar refractivity (Wildman–Crippen MR) is 119 cm³/mol. The minimum absolute atomic E-state index is 0.0437. The molecule has 0 unspecified atom stereocenters. The Morgan fingerprint density at radius 2 is 1.84 bits per heavy atom. The number of carbonyl (C=O) groups excluding carboxylic acids is 2. The van der Waals surface area contributed by atoms with Gasteiger partial charge in [-0.1, -0.05) is 41.4 Å². The number of hydrogen-bond donors (Lipinski definition) is 1. The number of carboxylic acid groups (broad SMARTS) is 1. The van der Waals surface area contributed by atoms with Gasteiger partial charge in [0.25, 0.3) is 11.1 Å². The monoisotopic (exact) mass is 473 g/mol. The van der Waals surface area contributed by atoms with E-state index in [1.165, 1.54) is 18.2 Å². The second-order valence-corrected chi connectivity index (χ2v) is 8.37. The summed E-state index contributed by atoms with van der Waals surface area (Å²) < 4.78 is 5.73. The quantitative estimate of drug-likeness (QED) is 0.444. The van der Waals surface area contributed by atoms with Gasteiger partial charge in [0.1, 0.15) is 11.5 Å². The van der Waals surface area contributed by atoms with Gasteiger partial charge in [0, 0.05) is 16.7 Å². The maximum atomic E-state index is 12.7. The lowest BCUT2D eigenvalue weighted by atomic mass is 10.1. The summed E-state index contributed by atoms with van der Waals surface area (Å²) in [5.41, 5.74) is 1.15. The summed E-state index contributed by atoms with van der Waals surface area (Å²) in [6.07, 6.45) is 1.48. The molecule has 1 aromatic heterocycles. The Morgan fingerprint density at radius 1 is 1.06 bits per heavy atom. The van der Waals surface area contributed by atoms with E-state index in [1.54, 1.807) is 42.5 Å². The maximum Gasteiger partial charge on any atom is 0.337 e. The number of benzene rings is 2. The summed E-state index contributed by atoms with van der Waals surface area (Å²) in [7, 11) is 0. The second-order valence-electron chi connectivity index (χ2n) is 6.56. The van der Waals surface area contributed by atoms with Gasteiger partial charge in [0.15, 0.2) is 0 Å². The van der Waals surface area contributed by atoms with Gasteiger partial charge >= 0.3 is 5.97 Å². The van der Waals surface area contributed by atoms with E-state index in [-0.39, 0.29) is 22.0 Å². The number of aromatic carboxylic acids is 1. The number of hydrogen-bond acceptors (Lipinski definition) is 5. The van der Waals surface area contributed by atoms with Gasteiger partial charge in [-0.05, 0) is 53.7 Å². The molecule has 1 aliphatic heterocycles. The molecule has 2 heterocycles. The Labute approximate surface area is 191 Å². The first kappa shape index (κ1) is 21.2. The number of furan rings is 1. The van der Waals surface area contributed by atoms with Crippen LogP contribution in [0.5, 0.6) is 0 Å². The SMILES string of the molecule is O=C(O)c1cc(-c2ccc(/C=C3\SC(=O)N(Cc4ccccc4Cl)C3=O)o2)ccc1Cl. The van der Waals surface area contributed by atoms with Gasteiger partial charge in [-0.3, -0.25) is 14.5 Å². The van der Waals surface area contributed by atoms with Crippen molar-refractivity contribution in [2.75, 3.05) is 0 Å². The first-order chi connectivity index (χ1) is 14.8. The van der Waals surface area contributed by atoms with Crippen LogP contribution in [0.2, 0.25) is 10.0 Å². The highest BCUT2D eigenvalue weighted by atomic mass is 35.5. The van der Waals surface area contributed by atoms with Crippen molar-refractivity contribution in [1.82, 2.24) is 4.90 Å². The number of nitrogens with zero attached hydrogens (tertiary/aromatic N) is 1. The van der Waals surface area contributed by atoms with E-state index in [9.17, 15) is 19.5 Å². The molecule has 1 saturated heterocycles. The van der Waals surface area contributed by atoms with Crippen LogP contribution in [0.1, 0.15) is 21.7 Å². The minimum atomic E-state index is -1.15. The standard InChI is InChI=1S/C22H13Cl2NO5S/c23-16-4-2-1-3-13(16)11-25-20(26)19(31-22(25)29)10-14-6-8-18(30-14)12-5-7-17(24)15(9-12)21(27)28/h1-10H,11H2,(H,27,28)/b19-10-. The molecule has 0 aliphatic carbocycles. The van der Waals surface area contributed by atoms with Gasteiger partial charge < -0.3 is 9.52 Å². The molecule has 0 atom stereocenters. The van der Waals surface area contributed by atoms with E-state index in [2.05, 4.69) is 0 Å². The van der Waals surface area contributed by atoms with Crippen molar-refractivity contribution >= 4 is 58.2 Å². The van der Waals surface area contributed by atoms with Gasteiger partial charge in [0.2, 0.25) is 0 Å². The van der Waals surface area contributed by atoms with Gasteiger partial charge in [0.05, 0.1) is 22.0 Å². The van der Waals surface area contributed by atoms with E-state index in [4.69, 9.17) is 27.6 Å². The maximum absolute atomic E-state index is 12.7. The zero-order valence-corrected chi connectivity index (χ0v) is 18.0. The third kappa shape index (κ3) is 4.39. The number of carboxylic acids is 1. The van der Waals surface area contributed by atoms with Gasteiger partial charge in [-0.25, -0.2) is 4.79 Å². The summed E-state index contributed by atoms with van der Waals surface area (Å²) in [4.78, 5) is 37.7. The summed E-state index contributed by atoms with van der Waals surface area (Å²) in [6.45, 7) is 0.0772. The van der Waals surface area contributed by atoms with Crippen molar-refractivity contribution in [2.45, 2.75) is 6.54 Å². The van der Waals surface area contributed by atoms with Crippen LogP contribution >= 0.6 is 35.0 Å². The fourth-order valence-electron chi connectivity index (χ4n) is 2.99. The zero-order valence-electron chi connectivity index (χ0n) is 15.7. The average Bonchev–Trinajstić information content (AvgIpc) is 3.30. The second kappa shape index (κ2) is 8.63. The minimum Gasteiger partial charge on any atom is -0.478 e. The Bertz CT molecular complexity index is 1250. The summed E-state index contributed by atoms with van der Waals surface area (Å²) in [5.74, 6) is -0.830. The third-order valence-corrected chi connectivity index (χ3v) is 6.15. The Hall–Kier alpha value is -3.00. The van der Waals surface area contributed by atoms with Crippen LogP contribution in [0.4, 0.5) is 4.79 Å². The first-order valence-corrected chi connectivity index (χ1v) is 10.5. The van der Waals surface area contributed by atoms with Crippen molar-refractivity contribution in [2.24, 2.45) is 0 Å². The molecule has 156 valence electrons. The summed E-state index contributed by atoms with van der Waals surface area (Å²) >= 11 is 12.9. The lowest BCUT2D eigenvalue weighted by Gasteiger charge is -2.13. The van der Waals surface area contributed by atoms with Crippen molar-refractivity contribution < 1.29 is 23.9 Å². The molecule has 31 heavy (non-hydrogen) atoms. The topological polar surface area (TPSA) is 87.8 Å². The van der Waals surface area contributed by atoms with Crippen molar-refractivity contribution in [3.8, 4) is 11.3 Å². The highest BCUT2D eigenvalue weighted by Gasteiger charge is 2.35. The molecule has 1 aliphatic rings. The van der Waals surface area contributed by atoms with Crippen molar-refractivity contribution in [1.29, 1.82) is 0 Å². The first-order valence-electron chi connectivity index (χ1n) is 8.95. The Kier molecular flexibility index (Phi) is 5.91. The van der Waals surface area contributed by atoms with Crippen LogP contribution in [0.3, 0.4) is 0 Å². The lowest BCUT2D eigenvalue weighted by molar-refractivity contribution is -0.123. The van der Waals surface area contributed by atoms with Crippen LogP contribution in [-0.4, -0.2) is 27.1 Å². The molecule has 9 heteroatoms. The normalized spacial score (nSPS) is 15.2. The van der Waals surface area contributed by atoms with Crippen LogP contribution in [0.15, 0.2) is 63.9 Å². The molecule has 1 N–H and O–H groups in total. The van der Waals surface area contributed by atoms with Gasteiger partial charge in [-0.15, -0.1) is 0 Å². The fourth-order valence-corrected chi connectivity index (χ4v) is 4.20. The van der Waals surface area contributed by atoms with Crippen LogP contribution in [-0.2, 0) is 11.3 Å². The molecule has 0 bridgehead atoms. The predicted octanol–water partition coefficient (Wildman–Crippen LogP) is 6.19. The molecule has 1 fully saturated rings. The van der Waals surface area contributed by atoms with E-state index >= 15 is 0 Å². The molecule has 0 saturated carbocycles. The number of thioether (sulfide) groups is 1. The largest absolute Gasteiger partial charge is 0.478 e. The summed E-state index contributed by atoms with van der Waals surface area (Å²) in [5, 5.41) is 9.42. The van der Waals surface area contributed by atoms with Crippen LogP contribution in [0, 0.1) is 0 Å². The Balaban J connectivity index is 1.56. The zero-order chi connectivity index (χ0) is 22.1. The van der Waals surface area contributed by atoms with E-state index in [0.29, 0.717) is 27.7 Å². The molecule has 0 radical (unpaired) electrons. The molecular formula is C22H13Cl2NO5S. The molecule has 6 nitrogen and oxygen atoms in total. The molecule has 2 amide bonds. The number of imide groups is 1. The van der Waals surface area contributed by atoms with Crippen molar-refractivity contribution in [3.05, 3.63) is 86.4 Å². The van der Waals surface area contributed by atoms with Crippen LogP contribution < -0.4 is 0 Å². The number of amides is 2. The average molecular weight is 474 g/mol. The number of carbonyl (C=O) groups is 3. The molecule has 4 rings (SSSR count). The molecule has 0 spiro atoms. The van der Waals surface area contributed by atoms with Gasteiger partial charge in [-0.2, -0.15) is 0 Å². The lowest BCUT2D eigenvalue weighted by Crippen LogP contribution is -2.27. The molecule has 3 aromatic rings. The fraction of sp³-hybridized carbons (Fsp3) is 0.0455. The summed E-state index contributed by atoms with van der Waals surface area (Å²) in [6, 6.07) is 14.8. The smallest absolute Gasteiger partial charge is 0.337 e.